The highest BCUT2D eigenvalue weighted by atomic mass is 32.1. The third-order valence-electron chi connectivity index (χ3n) is 4.75. The summed E-state index contributed by atoms with van der Waals surface area (Å²) in [6.07, 6.45) is 1.31. The van der Waals surface area contributed by atoms with E-state index >= 15 is 0 Å². The minimum absolute atomic E-state index is 0.0270. The third-order valence-corrected chi connectivity index (χ3v) is 5.60. The maximum Gasteiger partial charge on any atom is 0.276 e. The Hall–Kier alpha value is -2.93. The van der Waals surface area contributed by atoms with Crippen LogP contribution in [0.4, 0.5) is 0 Å². The van der Waals surface area contributed by atoms with Crippen LogP contribution in [0, 0.1) is 6.92 Å². The fourth-order valence-electron chi connectivity index (χ4n) is 3.24. The van der Waals surface area contributed by atoms with E-state index in [1.165, 1.54) is 17.7 Å². The molecular weight excluding hydrogens is 362 g/mol. The molecule has 0 saturated carbocycles. The molecule has 1 aromatic carbocycles. The fourth-order valence-corrected chi connectivity index (χ4v) is 3.93. The zero-order chi connectivity index (χ0) is 18.8. The molecule has 1 fully saturated rings. The van der Waals surface area contributed by atoms with Gasteiger partial charge in [-0.15, -0.1) is 11.3 Å². The molecule has 4 rings (SSSR count). The summed E-state index contributed by atoms with van der Waals surface area (Å²) in [5.41, 5.74) is 2.21. The van der Waals surface area contributed by atoms with Crippen molar-refractivity contribution < 1.29 is 14.0 Å². The van der Waals surface area contributed by atoms with Crippen molar-refractivity contribution in [3.05, 3.63) is 64.3 Å². The van der Waals surface area contributed by atoms with Gasteiger partial charge in [0.25, 0.3) is 11.8 Å². The Morgan fingerprint density at radius 3 is 2.37 bits per heavy atom. The van der Waals surface area contributed by atoms with Crippen molar-refractivity contribution in [2.45, 2.75) is 6.92 Å². The Bertz CT molecular complexity index is 957. The number of rotatable bonds is 3. The van der Waals surface area contributed by atoms with Gasteiger partial charge in [0, 0.05) is 31.7 Å². The van der Waals surface area contributed by atoms with Crippen LogP contribution in [0.3, 0.4) is 0 Å². The van der Waals surface area contributed by atoms with Crippen LogP contribution in [0.5, 0.6) is 0 Å². The quantitative estimate of drug-likeness (QED) is 0.698. The molecule has 3 heterocycles. The number of amides is 2. The molecule has 0 bridgehead atoms. The molecule has 27 heavy (non-hydrogen) atoms. The van der Waals surface area contributed by atoms with Crippen LogP contribution in [0.2, 0.25) is 0 Å². The van der Waals surface area contributed by atoms with Crippen LogP contribution in [-0.2, 0) is 0 Å². The van der Waals surface area contributed by atoms with E-state index in [1.807, 2.05) is 48.7 Å². The summed E-state index contributed by atoms with van der Waals surface area (Å²) in [5, 5.41) is 1.89. The van der Waals surface area contributed by atoms with E-state index in [4.69, 9.17) is 4.42 Å². The zero-order valence-corrected chi connectivity index (χ0v) is 15.7. The van der Waals surface area contributed by atoms with Crippen molar-refractivity contribution >= 4 is 23.2 Å². The van der Waals surface area contributed by atoms with E-state index in [1.54, 1.807) is 9.80 Å². The second kappa shape index (κ2) is 7.36. The Morgan fingerprint density at radius 2 is 1.70 bits per heavy atom. The van der Waals surface area contributed by atoms with Gasteiger partial charge in [0.05, 0.1) is 4.88 Å². The monoisotopic (exact) mass is 381 g/mol. The molecule has 0 aliphatic carbocycles. The molecule has 2 aromatic heterocycles. The predicted molar refractivity (Wildman–Crippen MR) is 103 cm³/mol. The highest BCUT2D eigenvalue weighted by Gasteiger charge is 2.29. The average Bonchev–Trinajstić information content (AvgIpc) is 3.39. The van der Waals surface area contributed by atoms with Crippen molar-refractivity contribution in [3.63, 3.8) is 0 Å². The number of aryl methyl sites for hydroxylation is 1. The maximum atomic E-state index is 13.0. The van der Waals surface area contributed by atoms with E-state index in [0.29, 0.717) is 37.6 Å². The number of aromatic nitrogens is 1. The SMILES string of the molecule is Cc1ccccc1-c1ocnc1C(=O)N1CCN(C(=O)c2cccs2)CC1. The van der Waals surface area contributed by atoms with Gasteiger partial charge < -0.3 is 14.2 Å². The van der Waals surface area contributed by atoms with Gasteiger partial charge in [-0.3, -0.25) is 9.59 Å². The van der Waals surface area contributed by atoms with Crippen LogP contribution >= 0.6 is 11.3 Å². The average molecular weight is 381 g/mol. The summed E-state index contributed by atoms with van der Waals surface area (Å²) in [6, 6.07) is 11.4. The Balaban J connectivity index is 1.47. The van der Waals surface area contributed by atoms with E-state index in [2.05, 4.69) is 4.98 Å². The number of hydrogen-bond donors (Lipinski definition) is 0. The molecular formula is C20H19N3O3S. The first-order chi connectivity index (χ1) is 13.1. The topological polar surface area (TPSA) is 66.7 Å². The zero-order valence-electron chi connectivity index (χ0n) is 14.9. The first-order valence-corrected chi connectivity index (χ1v) is 9.64. The van der Waals surface area contributed by atoms with Gasteiger partial charge in [-0.25, -0.2) is 4.98 Å². The summed E-state index contributed by atoms with van der Waals surface area (Å²) in [6.45, 7) is 3.97. The summed E-state index contributed by atoms with van der Waals surface area (Å²) >= 11 is 1.44. The third kappa shape index (κ3) is 3.38. The Morgan fingerprint density at radius 1 is 1.00 bits per heavy atom. The van der Waals surface area contributed by atoms with Crippen LogP contribution in [0.15, 0.2) is 52.6 Å². The first-order valence-electron chi connectivity index (χ1n) is 8.76. The van der Waals surface area contributed by atoms with Crippen molar-refractivity contribution in [1.29, 1.82) is 0 Å². The number of benzene rings is 1. The van der Waals surface area contributed by atoms with E-state index < -0.39 is 0 Å². The van der Waals surface area contributed by atoms with E-state index in [9.17, 15) is 9.59 Å². The van der Waals surface area contributed by atoms with Gasteiger partial charge in [0.1, 0.15) is 0 Å². The number of hydrogen-bond acceptors (Lipinski definition) is 5. The predicted octanol–water partition coefficient (Wildman–Crippen LogP) is 3.31. The van der Waals surface area contributed by atoms with Crippen molar-refractivity contribution in [3.8, 4) is 11.3 Å². The summed E-state index contributed by atoms with van der Waals surface area (Å²) in [7, 11) is 0. The Labute approximate surface area is 161 Å². The van der Waals surface area contributed by atoms with Gasteiger partial charge in [-0.05, 0) is 23.9 Å². The maximum absolute atomic E-state index is 13.0. The first kappa shape index (κ1) is 17.5. The molecule has 0 radical (unpaired) electrons. The second-order valence-electron chi connectivity index (χ2n) is 6.41. The van der Waals surface area contributed by atoms with Crippen molar-refractivity contribution in [1.82, 2.24) is 14.8 Å². The number of nitrogens with zero attached hydrogens (tertiary/aromatic N) is 3. The molecule has 6 nitrogen and oxygen atoms in total. The van der Waals surface area contributed by atoms with Crippen molar-refractivity contribution in [2.75, 3.05) is 26.2 Å². The number of oxazole rings is 1. The number of carbonyl (C=O) groups excluding carboxylic acids is 2. The fraction of sp³-hybridized carbons (Fsp3) is 0.250. The molecule has 0 N–H and O–H groups in total. The largest absolute Gasteiger partial charge is 0.443 e. The lowest BCUT2D eigenvalue weighted by molar-refractivity contribution is 0.0535. The normalized spacial score (nSPS) is 14.4. The minimum atomic E-state index is -0.162. The van der Waals surface area contributed by atoms with Crippen LogP contribution in [0.1, 0.15) is 25.7 Å². The smallest absolute Gasteiger partial charge is 0.276 e. The van der Waals surface area contributed by atoms with Crippen LogP contribution in [-0.4, -0.2) is 52.8 Å². The standard InChI is InChI=1S/C20H19N3O3S/c1-14-5-2-3-6-15(14)18-17(21-13-26-18)20(25)23-10-8-22(9-11-23)19(24)16-7-4-12-27-16/h2-7,12-13H,8-11H2,1H3. The lowest BCUT2D eigenvalue weighted by atomic mass is 10.0. The molecule has 0 unspecified atom stereocenters. The molecule has 0 spiro atoms. The summed E-state index contributed by atoms with van der Waals surface area (Å²) < 4.78 is 5.53. The van der Waals surface area contributed by atoms with E-state index in [-0.39, 0.29) is 11.8 Å². The van der Waals surface area contributed by atoms with E-state index in [0.717, 1.165) is 16.0 Å². The van der Waals surface area contributed by atoms with Gasteiger partial charge in [0.2, 0.25) is 0 Å². The van der Waals surface area contributed by atoms with Crippen molar-refractivity contribution in [2.24, 2.45) is 0 Å². The number of carbonyl (C=O) groups is 2. The molecule has 7 heteroatoms. The number of thiophene rings is 1. The van der Waals surface area contributed by atoms with Gasteiger partial charge in [-0.1, -0.05) is 30.3 Å². The minimum Gasteiger partial charge on any atom is -0.443 e. The van der Waals surface area contributed by atoms with Crippen LogP contribution < -0.4 is 0 Å². The molecule has 2 amide bonds. The molecule has 3 aromatic rings. The highest BCUT2D eigenvalue weighted by Crippen LogP contribution is 2.27. The van der Waals surface area contributed by atoms with Gasteiger partial charge >= 0.3 is 0 Å². The highest BCUT2D eigenvalue weighted by molar-refractivity contribution is 7.12. The van der Waals surface area contributed by atoms with Gasteiger partial charge in [-0.2, -0.15) is 0 Å². The molecule has 138 valence electrons. The lowest BCUT2D eigenvalue weighted by Crippen LogP contribution is -2.50. The molecule has 1 saturated heterocycles. The lowest BCUT2D eigenvalue weighted by Gasteiger charge is -2.34. The summed E-state index contributed by atoms with van der Waals surface area (Å²) in [5.74, 6) is 0.361. The Kier molecular flexibility index (Phi) is 4.77. The van der Waals surface area contributed by atoms with Gasteiger partial charge in [0.15, 0.2) is 17.8 Å². The second-order valence-corrected chi connectivity index (χ2v) is 7.35. The molecule has 0 atom stereocenters. The molecule has 1 aliphatic rings. The van der Waals surface area contributed by atoms with Crippen LogP contribution in [0.25, 0.3) is 11.3 Å². The summed E-state index contributed by atoms with van der Waals surface area (Å²) in [4.78, 5) is 33.8. The number of piperazine rings is 1. The molecule has 1 aliphatic heterocycles.